The summed E-state index contributed by atoms with van der Waals surface area (Å²) < 4.78 is 27.9. The van der Waals surface area contributed by atoms with Crippen LogP contribution in [0.25, 0.3) is 0 Å². The molecule has 3 atom stereocenters. The fourth-order valence-corrected chi connectivity index (χ4v) is 5.75. The lowest BCUT2D eigenvalue weighted by molar-refractivity contribution is 0.128. The van der Waals surface area contributed by atoms with Crippen molar-refractivity contribution in [3.63, 3.8) is 0 Å². The summed E-state index contributed by atoms with van der Waals surface area (Å²) in [5.74, 6) is 0.846. The summed E-state index contributed by atoms with van der Waals surface area (Å²) in [6, 6.07) is 0. The summed E-state index contributed by atoms with van der Waals surface area (Å²) in [6.07, 6.45) is 1.71. The van der Waals surface area contributed by atoms with Crippen molar-refractivity contribution in [1.82, 2.24) is 0 Å². The van der Waals surface area contributed by atoms with E-state index in [9.17, 15) is 13.5 Å². The first-order valence-corrected chi connectivity index (χ1v) is 8.05. The molecule has 0 aromatic rings. The topological polar surface area (TPSA) is 63.6 Å². The highest BCUT2D eigenvalue weighted by atomic mass is 32.2. The minimum atomic E-state index is -3.00. The van der Waals surface area contributed by atoms with Crippen LogP contribution in [0.4, 0.5) is 0 Å². The highest BCUT2D eigenvalue weighted by Gasteiger charge is 2.37. The molecule has 2 rings (SSSR count). The lowest BCUT2D eigenvalue weighted by Crippen LogP contribution is -2.22. The van der Waals surface area contributed by atoms with Gasteiger partial charge < -0.3 is 9.84 Å². The Hall–Kier alpha value is 0.220. The molecule has 2 heterocycles. The van der Waals surface area contributed by atoms with Gasteiger partial charge in [-0.3, -0.25) is 0 Å². The predicted octanol–water partition coefficient (Wildman–Crippen LogP) is 0.0565. The van der Waals surface area contributed by atoms with Crippen LogP contribution in [0.2, 0.25) is 0 Å². The molecule has 1 unspecified atom stereocenters. The third-order valence-electron chi connectivity index (χ3n) is 2.79. The molecule has 2 fully saturated rings. The monoisotopic (exact) mass is 252 g/mol. The van der Waals surface area contributed by atoms with Crippen LogP contribution in [0.5, 0.6) is 0 Å². The summed E-state index contributed by atoms with van der Waals surface area (Å²) in [6.45, 7) is 0.816. The maximum Gasteiger partial charge on any atom is 0.154 e. The van der Waals surface area contributed by atoms with Gasteiger partial charge in [-0.1, -0.05) is 0 Å². The Morgan fingerprint density at radius 1 is 1.40 bits per heavy atom. The zero-order valence-electron chi connectivity index (χ0n) is 8.46. The average Bonchev–Trinajstić information content (AvgIpc) is 2.70. The molecule has 0 aromatic carbocycles. The molecular weight excluding hydrogens is 236 g/mol. The molecular formula is C9H16O4S2. The van der Waals surface area contributed by atoms with Crippen molar-refractivity contribution in [1.29, 1.82) is 0 Å². The predicted molar refractivity (Wildman–Crippen MR) is 59.9 cm³/mol. The van der Waals surface area contributed by atoms with E-state index in [0.717, 1.165) is 25.2 Å². The molecule has 1 N–H and O–H groups in total. The van der Waals surface area contributed by atoms with E-state index >= 15 is 0 Å². The highest BCUT2D eigenvalue weighted by molar-refractivity contribution is 8.01. The van der Waals surface area contributed by atoms with E-state index in [4.69, 9.17) is 4.74 Å². The van der Waals surface area contributed by atoms with E-state index in [0.29, 0.717) is 0 Å². The van der Waals surface area contributed by atoms with Gasteiger partial charge in [0.15, 0.2) is 9.84 Å². The van der Waals surface area contributed by atoms with Crippen molar-refractivity contribution in [3.8, 4) is 0 Å². The van der Waals surface area contributed by atoms with Crippen LogP contribution in [0.1, 0.15) is 12.8 Å². The molecule has 2 saturated heterocycles. The minimum Gasteiger partial charge on any atom is -0.391 e. The van der Waals surface area contributed by atoms with Crippen molar-refractivity contribution in [2.45, 2.75) is 30.3 Å². The van der Waals surface area contributed by atoms with Gasteiger partial charge in [0.05, 0.1) is 23.7 Å². The SMILES string of the molecule is O=S1(=O)C[C@@H](O)[C@H](SCC2CCCO2)C1. The highest BCUT2D eigenvalue weighted by Crippen LogP contribution is 2.27. The van der Waals surface area contributed by atoms with Gasteiger partial charge in [0.1, 0.15) is 0 Å². The number of rotatable bonds is 3. The van der Waals surface area contributed by atoms with E-state index in [1.165, 1.54) is 11.8 Å². The first-order valence-electron chi connectivity index (χ1n) is 5.18. The molecule has 88 valence electrons. The minimum absolute atomic E-state index is 0.0732. The number of sulfone groups is 1. The van der Waals surface area contributed by atoms with Gasteiger partial charge >= 0.3 is 0 Å². The van der Waals surface area contributed by atoms with E-state index in [2.05, 4.69) is 0 Å². The van der Waals surface area contributed by atoms with Gasteiger partial charge in [-0.15, -0.1) is 0 Å². The van der Waals surface area contributed by atoms with Gasteiger partial charge in [0.2, 0.25) is 0 Å². The molecule has 6 heteroatoms. The van der Waals surface area contributed by atoms with Crippen LogP contribution in [0.15, 0.2) is 0 Å². The van der Waals surface area contributed by atoms with Crippen LogP contribution >= 0.6 is 11.8 Å². The fraction of sp³-hybridized carbons (Fsp3) is 1.00. The molecule has 0 radical (unpaired) electrons. The van der Waals surface area contributed by atoms with Crippen molar-refractivity contribution in [2.75, 3.05) is 23.9 Å². The summed E-state index contributed by atoms with van der Waals surface area (Å²) in [7, 11) is -3.00. The first-order chi connectivity index (χ1) is 7.07. The lowest BCUT2D eigenvalue weighted by Gasteiger charge is -2.14. The normalized spacial score (nSPS) is 39.7. The Kier molecular flexibility index (Phi) is 3.59. The van der Waals surface area contributed by atoms with Crippen molar-refractivity contribution >= 4 is 21.6 Å². The van der Waals surface area contributed by atoms with E-state index < -0.39 is 15.9 Å². The molecule has 0 aromatic heterocycles. The first kappa shape index (κ1) is 11.7. The largest absolute Gasteiger partial charge is 0.391 e. The number of ether oxygens (including phenoxy) is 1. The zero-order chi connectivity index (χ0) is 10.9. The smallest absolute Gasteiger partial charge is 0.154 e. The molecule has 2 aliphatic heterocycles. The van der Waals surface area contributed by atoms with Gasteiger partial charge in [-0.05, 0) is 12.8 Å². The Balaban J connectivity index is 1.79. The molecule has 0 amide bonds. The molecule has 2 aliphatic rings. The quantitative estimate of drug-likeness (QED) is 0.769. The summed E-state index contributed by atoms with van der Waals surface area (Å²) in [5.41, 5.74) is 0. The van der Waals surface area contributed by atoms with Gasteiger partial charge in [0, 0.05) is 17.6 Å². The second-order valence-electron chi connectivity index (χ2n) is 4.15. The maximum absolute atomic E-state index is 11.2. The van der Waals surface area contributed by atoms with Crippen LogP contribution < -0.4 is 0 Å². The second-order valence-corrected chi connectivity index (χ2v) is 7.58. The number of hydrogen-bond acceptors (Lipinski definition) is 5. The molecule has 0 spiro atoms. The van der Waals surface area contributed by atoms with Crippen LogP contribution in [0, 0.1) is 0 Å². The molecule has 4 nitrogen and oxygen atoms in total. The number of aliphatic hydroxyl groups is 1. The van der Waals surface area contributed by atoms with E-state index in [-0.39, 0.29) is 22.9 Å². The Bertz CT molecular complexity index is 308. The third kappa shape index (κ3) is 3.09. The average molecular weight is 252 g/mol. The zero-order valence-corrected chi connectivity index (χ0v) is 10.1. The standard InChI is InChI=1S/C9H16O4S2/c10-8-5-15(11,12)6-9(8)14-4-7-2-1-3-13-7/h7-10H,1-6H2/t7?,8-,9-/m1/s1. The fourth-order valence-electron chi connectivity index (χ4n) is 1.96. The van der Waals surface area contributed by atoms with Gasteiger partial charge in [-0.2, -0.15) is 11.8 Å². The van der Waals surface area contributed by atoms with Crippen molar-refractivity contribution in [2.24, 2.45) is 0 Å². The molecule has 0 bridgehead atoms. The van der Waals surface area contributed by atoms with Crippen molar-refractivity contribution < 1.29 is 18.3 Å². The molecule has 0 aliphatic carbocycles. The lowest BCUT2D eigenvalue weighted by atomic mass is 10.3. The second kappa shape index (κ2) is 4.61. The summed E-state index contributed by atoms with van der Waals surface area (Å²) in [5, 5.41) is 9.40. The van der Waals surface area contributed by atoms with Gasteiger partial charge in [-0.25, -0.2) is 8.42 Å². The van der Waals surface area contributed by atoms with E-state index in [1.807, 2.05) is 0 Å². The van der Waals surface area contributed by atoms with Crippen LogP contribution in [-0.2, 0) is 14.6 Å². The number of thioether (sulfide) groups is 1. The Morgan fingerprint density at radius 2 is 2.20 bits per heavy atom. The Labute approximate surface area is 94.3 Å². The summed E-state index contributed by atoms with van der Waals surface area (Å²) >= 11 is 1.54. The Morgan fingerprint density at radius 3 is 2.73 bits per heavy atom. The van der Waals surface area contributed by atoms with Gasteiger partial charge in [0.25, 0.3) is 0 Å². The van der Waals surface area contributed by atoms with Crippen molar-refractivity contribution in [3.05, 3.63) is 0 Å². The third-order valence-corrected chi connectivity index (χ3v) is 6.19. The number of aliphatic hydroxyl groups excluding tert-OH is 1. The number of hydrogen-bond donors (Lipinski definition) is 1. The molecule has 0 saturated carbocycles. The van der Waals surface area contributed by atoms with Crippen LogP contribution in [-0.4, -0.2) is 54.8 Å². The molecule has 15 heavy (non-hydrogen) atoms. The van der Waals surface area contributed by atoms with E-state index in [1.54, 1.807) is 0 Å². The summed E-state index contributed by atoms with van der Waals surface area (Å²) in [4.78, 5) is 0. The van der Waals surface area contributed by atoms with Crippen LogP contribution in [0.3, 0.4) is 0 Å². The maximum atomic E-state index is 11.2.